The second kappa shape index (κ2) is 6.41. The lowest BCUT2D eigenvalue weighted by atomic mass is 10.2. The van der Waals surface area contributed by atoms with Crippen LogP contribution in [0.5, 0.6) is 0 Å². The Bertz CT molecular complexity index is 657. The lowest BCUT2D eigenvalue weighted by Crippen LogP contribution is -2.34. The van der Waals surface area contributed by atoms with Gasteiger partial charge in [0.05, 0.1) is 12.2 Å². The molecule has 2 aromatic heterocycles. The Balaban J connectivity index is 1.58. The van der Waals surface area contributed by atoms with Gasteiger partial charge in [0.15, 0.2) is 0 Å². The first-order chi connectivity index (χ1) is 11.0. The lowest BCUT2D eigenvalue weighted by molar-refractivity contribution is 0.216. The quantitative estimate of drug-likeness (QED) is 0.831. The van der Waals surface area contributed by atoms with Gasteiger partial charge >= 0.3 is 0 Å². The van der Waals surface area contributed by atoms with Crippen molar-refractivity contribution in [1.29, 1.82) is 0 Å². The van der Waals surface area contributed by atoms with Crippen molar-refractivity contribution in [1.82, 2.24) is 29.7 Å². The zero-order valence-corrected chi connectivity index (χ0v) is 14.7. The van der Waals surface area contributed by atoms with Crippen LogP contribution >= 0.6 is 0 Å². The van der Waals surface area contributed by atoms with Gasteiger partial charge in [0.1, 0.15) is 17.4 Å². The number of nitrogens with zero attached hydrogens (tertiary/aromatic N) is 6. The number of hydrogen-bond donors (Lipinski definition) is 0. The van der Waals surface area contributed by atoms with Gasteiger partial charge in [-0.15, -0.1) is 10.2 Å². The molecule has 3 heterocycles. The molecule has 126 valence electrons. The molecular weight excluding hydrogens is 292 g/mol. The first-order valence-corrected chi connectivity index (χ1v) is 8.15. The smallest absolute Gasteiger partial charge is 0.146 e. The fourth-order valence-corrected chi connectivity index (χ4v) is 3.21. The van der Waals surface area contributed by atoms with E-state index in [1.165, 1.54) is 12.0 Å². The van der Waals surface area contributed by atoms with Crippen LogP contribution in [0.4, 0.5) is 0 Å². The first kappa shape index (κ1) is 16.1. The second-order valence-electron chi connectivity index (χ2n) is 6.62. The Hall–Kier alpha value is -1.73. The Morgan fingerprint density at radius 1 is 1.26 bits per heavy atom. The molecule has 3 rings (SSSR count). The average molecular weight is 318 g/mol. The maximum atomic E-state index is 5.27. The van der Waals surface area contributed by atoms with Crippen LogP contribution in [0.25, 0.3) is 0 Å². The molecule has 23 heavy (non-hydrogen) atoms. The van der Waals surface area contributed by atoms with Crippen LogP contribution in [-0.2, 0) is 20.1 Å². The summed E-state index contributed by atoms with van der Waals surface area (Å²) in [7, 11) is 4.20. The van der Waals surface area contributed by atoms with Crippen LogP contribution in [0.3, 0.4) is 0 Å². The number of aryl methyl sites for hydroxylation is 3. The lowest BCUT2D eigenvalue weighted by Gasteiger charge is -2.24. The molecule has 1 fully saturated rings. The van der Waals surface area contributed by atoms with E-state index < -0.39 is 0 Å². The number of hydrogen-bond acceptors (Lipinski definition) is 6. The summed E-state index contributed by atoms with van der Waals surface area (Å²) >= 11 is 0. The van der Waals surface area contributed by atoms with Crippen molar-refractivity contribution in [2.45, 2.75) is 46.3 Å². The van der Waals surface area contributed by atoms with Gasteiger partial charge in [-0.1, -0.05) is 5.16 Å². The van der Waals surface area contributed by atoms with Crippen LogP contribution < -0.4 is 0 Å². The van der Waals surface area contributed by atoms with E-state index in [0.717, 1.165) is 49.3 Å². The van der Waals surface area contributed by atoms with Gasteiger partial charge in [0.2, 0.25) is 0 Å². The largest absolute Gasteiger partial charge is 0.361 e. The van der Waals surface area contributed by atoms with Gasteiger partial charge in [-0.25, -0.2) is 0 Å². The van der Waals surface area contributed by atoms with E-state index in [0.29, 0.717) is 6.04 Å². The van der Waals surface area contributed by atoms with Crippen LogP contribution in [0.1, 0.15) is 35.1 Å². The third kappa shape index (κ3) is 3.30. The Kier molecular flexibility index (Phi) is 4.50. The molecule has 2 aromatic rings. The van der Waals surface area contributed by atoms with E-state index in [1.807, 2.05) is 27.8 Å². The van der Waals surface area contributed by atoms with E-state index in [9.17, 15) is 0 Å². The van der Waals surface area contributed by atoms with Crippen molar-refractivity contribution in [3.63, 3.8) is 0 Å². The van der Waals surface area contributed by atoms with Gasteiger partial charge < -0.3 is 9.09 Å². The molecule has 1 aliphatic rings. The molecule has 0 bridgehead atoms. The minimum atomic E-state index is 0.549. The Morgan fingerprint density at radius 2 is 2.04 bits per heavy atom. The highest BCUT2D eigenvalue weighted by molar-refractivity contribution is 5.20. The fourth-order valence-electron chi connectivity index (χ4n) is 3.21. The SMILES string of the molecule is Cc1noc(C)c1CN1CCC(N(C)Cc2nnc(C)n2C)C1. The highest BCUT2D eigenvalue weighted by Crippen LogP contribution is 2.21. The molecule has 0 radical (unpaired) electrons. The maximum Gasteiger partial charge on any atom is 0.146 e. The summed E-state index contributed by atoms with van der Waals surface area (Å²) < 4.78 is 7.33. The van der Waals surface area contributed by atoms with Crippen molar-refractivity contribution < 1.29 is 4.52 Å². The molecular formula is C16H26N6O. The first-order valence-electron chi connectivity index (χ1n) is 8.15. The van der Waals surface area contributed by atoms with Crippen molar-refractivity contribution >= 4 is 0 Å². The average Bonchev–Trinajstić information content (AvgIpc) is 3.20. The normalized spacial score (nSPS) is 19.1. The zero-order chi connectivity index (χ0) is 16.6. The maximum absolute atomic E-state index is 5.27. The summed E-state index contributed by atoms with van der Waals surface area (Å²) in [5.74, 6) is 2.92. The highest BCUT2D eigenvalue weighted by atomic mass is 16.5. The van der Waals surface area contributed by atoms with Gasteiger partial charge in [-0.3, -0.25) is 9.80 Å². The van der Waals surface area contributed by atoms with Crippen LogP contribution in [-0.4, -0.2) is 55.9 Å². The fraction of sp³-hybridized carbons (Fsp3) is 0.688. The van der Waals surface area contributed by atoms with Crippen molar-refractivity contribution in [2.75, 3.05) is 20.1 Å². The molecule has 1 atom stereocenters. The summed E-state index contributed by atoms with van der Waals surface area (Å²) in [4.78, 5) is 4.87. The van der Waals surface area contributed by atoms with Gasteiger partial charge in [0.25, 0.3) is 0 Å². The summed E-state index contributed by atoms with van der Waals surface area (Å²) in [6, 6.07) is 0.549. The summed E-state index contributed by atoms with van der Waals surface area (Å²) in [6.45, 7) is 9.93. The van der Waals surface area contributed by atoms with Crippen LogP contribution in [0.15, 0.2) is 4.52 Å². The monoisotopic (exact) mass is 318 g/mol. The Labute approximate surface area is 137 Å². The van der Waals surface area contributed by atoms with Crippen LogP contribution in [0.2, 0.25) is 0 Å². The standard InChI is InChI=1S/C16H26N6O/c1-11-15(12(2)23-19-11)9-22-7-6-14(8-22)20(4)10-16-18-17-13(3)21(16)5/h14H,6-10H2,1-5H3. The summed E-state index contributed by atoms with van der Waals surface area (Å²) in [5.41, 5.74) is 2.24. The molecule has 1 unspecified atom stereocenters. The molecule has 1 aliphatic heterocycles. The molecule has 0 aromatic carbocycles. The summed E-state index contributed by atoms with van der Waals surface area (Å²) in [5, 5.41) is 12.5. The van der Waals surface area contributed by atoms with Gasteiger partial charge in [0, 0.05) is 38.3 Å². The number of rotatable bonds is 5. The number of aromatic nitrogens is 4. The van der Waals surface area contributed by atoms with Gasteiger partial charge in [-0.05, 0) is 34.2 Å². The van der Waals surface area contributed by atoms with Crippen molar-refractivity contribution in [2.24, 2.45) is 7.05 Å². The summed E-state index contributed by atoms with van der Waals surface area (Å²) in [6.07, 6.45) is 1.18. The third-order valence-electron chi connectivity index (χ3n) is 5.01. The molecule has 0 saturated carbocycles. The van der Waals surface area contributed by atoms with E-state index >= 15 is 0 Å². The molecule has 7 nitrogen and oxygen atoms in total. The molecule has 0 N–H and O–H groups in total. The van der Waals surface area contributed by atoms with E-state index in [2.05, 4.69) is 36.8 Å². The van der Waals surface area contributed by atoms with Crippen molar-refractivity contribution in [3.05, 3.63) is 28.7 Å². The van der Waals surface area contributed by atoms with E-state index in [4.69, 9.17) is 4.52 Å². The molecule has 7 heteroatoms. The highest BCUT2D eigenvalue weighted by Gasteiger charge is 2.27. The minimum Gasteiger partial charge on any atom is -0.361 e. The third-order valence-corrected chi connectivity index (χ3v) is 5.01. The predicted octanol–water partition coefficient (Wildman–Crippen LogP) is 1.43. The predicted molar refractivity (Wildman–Crippen MR) is 86.9 cm³/mol. The molecule has 0 spiro atoms. The van der Waals surface area contributed by atoms with E-state index in [1.54, 1.807) is 0 Å². The Morgan fingerprint density at radius 3 is 2.65 bits per heavy atom. The van der Waals surface area contributed by atoms with Gasteiger partial charge in [-0.2, -0.15) is 0 Å². The zero-order valence-electron chi connectivity index (χ0n) is 14.7. The minimum absolute atomic E-state index is 0.549. The number of likely N-dealkylation sites (tertiary alicyclic amines) is 1. The molecule has 0 aliphatic carbocycles. The topological polar surface area (TPSA) is 63.2 Å². The number of likely N-dealkylation sites (N-methyl/N-ethyl adjacent to an activating group) is 1. The molecule has 1 saturated heterocycles. The molecule has 0 amide bonds. The second-order valence-corrected chi connectivity index (χ2v) is 6.62. The van der Waals surface area contributed by atoms with Crippen molar-refractivity contribution in [3.8, 4) is 0 Å². The van der Waals surface area contributed by atoms with E-state index in [-0.39, 0.29) is 0 Å². The van der Waals surface area contributed by atoms with Crippen LogP contribution in [0, 0.1) is 20.8 Å².